The van der Waals surface area contributed by atoms with Crippen LogP contribution in [-0.4, -0.2) is 52.6 Å². The summed E-state index contributed by atoms with van der Waals surface area (Å²) in [4.78, 5) is 28.7. The molecule has 3 amide bonds. The van der Waals surface area contributed by atoms with Crippen LogP contribution in [0, 0.1) is 0 Å². The molecule has 2 N–H and O–H groups in total. The van der Waals surface area contributed by atoms with Gasteiger partial charge < -0.3 is 10.4 Å². The smallest absolute Gasteiger partial charge is 0.325 e. The Hall–Kier alpha value is -2.70. The van der Waals surface area contributed by atoms with Gasteiger partial charge in [0.2, 0.25) is 0 Å². The Morgan fingerprint density at radius 3 is 2.46 bits per heavy atom. The number of nitrogens with zero attached hydrogens (tertiary/aromatic N) is 2. The highest BCUT2D eigenvalue weighted by molar-refractivity contribution is 6.07. The molecule has 1 saturated heterocycles. The molecule has 6 heteroatoms. The predicted molar refractivity (Wildman–Crippen MR) is 105 cm³/mol. The third-order valence-electron chi connectivity index (χ3n) is 5.70. The number of nitrogens with one attached hydrogen (secondary N) is 1. The number of aliphatic hydroxyl groups is 1. The Morgan fingerprint density at radius 2 is 1.71 bits per heavy atom. The number of fused-ring (bicyclic) bond motifs is 1. The van der Waals surface area contributed by atoms with Crippen molar-refractivity contribution in [3.63, 3.8) is 0 Å². The van der Waals surface area contributed by atoms with Gasteiger partial charge in [-0.15, -0.1) is 0 Å². The zero-order valence-electron chi connectivity index (χ0n) is 16.0. The van der Waals surface area contributed by atoms with Crippen LogP contribution < -0.4 is 5.32 Å². The van der Waals surface area contributed by atoms with Crippen molar-refractivity contribution >= 4 is 11.9 Å². The molecule has 2 aromatic rings. The molecule has 0 aromatic heterocycles. The fourth-order valence-corrected chi connectivity index (χ4v) is 4.11. The molecule has 2 atom stereocenters. The Bertz CT molecular complexity index is 886. The zero-order valence-corrected chi connectivity index (χ0v) is 16.0. The number of hydrogen-bond donors (Lipinski definition) is 2. The lowest BCUT2D eigenvalue weighted by molar-refractivity contribution is -0.132. The van der Waals surface area contributed by atoms with E-state index < -0.39 is 17.7 Å². The first-order valence-electron chi connectivity index (χ1n) is 9.64. The summed E-state index contributed by atoms with van der Waals surface area (Å²) in [6.07, 6.45) is 0.149. The molecular formula is C22H25N3O3. The van der Waals surface area contributed by atoms with E-state index in [4.69, 9.17) is 0 Å². The van der Waals surface area contributed by atoms with E-state index in [1.165, 1.54) is 11.1 Å². The van der Waals surface area contributed by atoms with Gasteiger partial charge in [0.1, 0.15) is 5.54 Å². The number of imide groups is 1. The molecular weight excluding hydrogens is 354 g/mol. The SMILES string of the molecule is C[C@@]1(c2ccccc2)NC(=O)N(C[C@H](O)CN2CCc3ccccc3C2)C1=O. The average Bonchev–Trinajstić information content (AvgIpc) is 2.92. The van der Waals surface area contributed by atoms with Crippen LogP contribution in [0.15, 0.2) is 54.6 Å². The summed E-state index contributed by atoms with van der Waals surface area (Å²) in [6.45, 7) is 3.75. The molecule has 1 fully saturated rings. The van der Waals surface area contributed by atoms with Crippen molar-refractivity contribution in [1.82, 2.24) is 15.1 Å². The molecule has 6 nitrogen and oxygen atoms in total. The quantitative estimate of drug-likeness (QED) is 0.778. The van der Waals surface area contributed by atoms with E-state index in [2.05, 4.69) is 22.3 Å². The summed E-state index contributed by atoms with van der Waals surface area (Å²) >= 11 is 0. The second kappa shape index (κ2) is 7.37. The highest BCUT2D eigenvalue weighted by Crippen LogP contribution is 2.28. The van der Waals surface area contributed by atoms with Crippen LogP contribution in [0.2, 0.25) is 0 Å². The minimum atomic E-state index is -1.10. The van der Waals surface area contributed by atoms with Crippen LogP contribution in [-0.2, 0) is 23.3 Å². The molecule has 0 bridgehead atoms. The molecule has 0 aliphatic carbocycles. The lowest BCUT2D eigenvalue weighted by Crippen LogP contribution is -2.45. The second-order valence-corrected chi connectivity index (χ2v) is 7.74. The van der Waals surface area contributed by atoms with Gasteiger partial charge in [0, 0.05) is 19.6 Å². The molecule has 0 unspecified atom stereocenters. The van der Waals surface area contributed by atoms with E-state index in [1.807, 2.05) is 42.5 Å². The molecule has 4 rings (SSSR count). The van der Waals surface area contributed by atoms with Crippen LogP contribution >= 0.6 is 0 Å². The van der Waals surface area contributed by atoms with Gasteiger partial charge in [-0.05, 0) is 30.0 Å². The Labute approximate surface area is 164 Å². The number of aliphatic hydroxyl groups excluding tert-OH is 1. The molecule has 28 heavy (non-hydrogen) atoms. The largest absolute Gasteiger partial charge is 0.390 e. The van der Waals surface area contributed by atoms with Crippen molar-refractivity contribution in [3.05, 3.63) is 71.3 Å². The summed E-state index contributed by atoms with van der Waals surface area (Å²) < 4.78 is 0. The summed E-state index contributed by atoms with van der Waals surface area (Å²) in [6, 6.07) is 17.0. The van der Waals surface area contributed by atoms with Crippen molar-refractivity contribution in [2.75, 3.05) is 19.6 Å². The van der Waals surface area contributed by atoms with Gasteiger partial charge in [-0.1, -0.05) is 54.6 Å². The standard InChI is InChI=1S/C22H25N3O3/c1-22(18-9-3-2-4-10-18)20(27)25(21(28)23-22)15-19(26)14-24-12-11-16-7-5-6-8-17(16)13-24/h2-10,19,26H,11-15H2,1H3,(H,23,28)/t19-,22+/m1/s1. The third-order valence-corrected chi connectivity index (χ3v) is 5.70. The maximum Gasteiger partial charge on any atom is 0.325 e. The second-order valence-electron chi connectivity index (χ2n) is 7.74. The van der Waals surface area contributed by atoms with Crippen LogP contribution in [0.5, 0.6) is 0 Å². The van der Waals surface area contributed by atoms with Gasteiger partial charge in [0.25, 0.3) is 5.91 Å². The number of β-amino-alcohol motifs (C(OH)–C–C–N with tert-alkyl or cyclic N) is 1. The van der Waals surface area contributed by atoms with E-state index in [1.54, 1.807) is 6.92 Å². The van der Waals surface area contributed by atoms with Crippen LogP contribution in [0.1, 0.15) is 23.6 Å². The number of hydrogen-bond acceptors (Lipinski definition) is 4. The number of carbonyl (C=O) groups is 2. The predicted octanol–water partition coefficient (Wildman–Crippen LogP) is 1.87. The first-order chi connectivity index (χ1) is 13.5. The number of urea groups is 1. The fourth-order valence-electron chi connectivity index (χ4n) is 4.11. The van der Waals surface area contributed by atoms with Crippen molar-refractivity contribution in [3.8, 4) is 0 Å². The van der Waals surface area contributed by atoms with Crippen LogP contribution in [0.3, 0.4) is 0 Å². The highest BCUT2D eigenvalue weighted by atomic mass is 16.3. The Kier molecular flexibility index (Phi) is 4.91. The van der Waals surface area contributed by atoms with Gasteiger partial charge in [-0.25, -0.2) is 4.79 Å². The lowest BCUT2D eigenvalue weighted by Gasteiger charge is -2.31. The normalized spacial score (nSPS) is 23.4. The molecule has 2 aromatic carbocycles. The van der Waals surface area contributed by atoms with E-state index in [0.29, 0.717) is 6.54 Å². The van der Waals surface area contributed by atoms with Gasteiger partial charge >= 0.3 is 6.03 Å². The Morgan fingerprint density at radius 1 is 1.04 bits per heavy atom. The highest BCUT2D eigenvalue weighted by Gasteiger charge is 2.49. The van der Waals surface area contributed by atoms with Gasteiger partial charge in [-0.2, -0.15) is 0 Å². The first-order valence-corrected chi connectivity index (χ1v) is 9.64. The molecule has 0 saturated carbocycles. The number of benzene rings is 2. The maximum atomic E-state index is 12.9. The van der Waals surface area contributed by atoms with Crippen molar-refractivity contribution in [2.24, 2.45) is 0 Å². The van der Waals surface area contributed by atoms with E-state index >= 15 is 0 Å². The molecule has 2 heterocycles. The summed E-state index contributed by atoms with van der Waals surface area (Å²) in [5.74, 6) is -0.327. The van der Waals surface area contributed by atoms with E-state index in [0.717, 1.165) is 30.0 Å². The molecule has 2 aliphatic rings. The minimum absolute atomic E-state index is 0.00869. The maximum absolute atomic E-state index is 12.9. The summed E-state index contributed by atoms with van der Waals surface area (Å²) in [5.41, 5.74) is 2.26. The van der Waals surface area contributed by atoms with Crippen LogP contribution in [0.25, 0.3) is 0 Å². The third kappa shape index (κ3) is 3.41. The van der Waals surface area contributed by atoms with Gasteiger partial charge in [0.15, 0.2) is 0 Å². The minimum Gasteiger partial charge on any atom is -0.390 e. The van der Waals surface area contributed by atoms with Crippen molar-refractivity contribution in [1.29, 1.82) is 0 Å². The molecule has 0 spiro atoms. The van der Waals surface area contributed by atoms with E-state index in [9.17, 15) is 14.7 Å². The van der Waals surface area contributed by atoms with E-state index in [-0.39, 0.29) is 12.5 Å². The summed E-state index contributed by atoms with van der Waals surface area (Å²) in [7, 11) is 0. The zero-order chi connectivity index (χ0) is 19.7. The Balaban J connectivity index is 1.40. The van der Waals surface area contributed by atoms with Gasteiger partial charge in [-0.3, -0.25) is 14.6 Å². The number of carbonyl (C=O) groups excluding carboxylic acids is 2. The van der Waals surface area contributed by atoms with Crippen molar-refractivity contribution < 1.29 is 14.7 Å². The summed E-state index contributed by atoms with van der Waals surface area (Å²) in [5, 5.41) is 13.4. The lowest BCUT2D eigenvalue weighted by atomic mass is 9.92. The fraction of sp³-hybridized carbons (Fsp3) is 0.364. The van der Waals surface area contributed by atoms with Crippen molar-refractivity contribution in [2.45, 2.75) is 31.5 Å². The number of rotatable bonds is 5. The molecule has 0 radical (unpaired) electrons. The van der Waals surface area contributed by atoms with Gasteiger partial charge in [0.05, 0.1) is 12.6 Å². The van der Waals surface area contributed by atoms with Crippen LogP contribution in [0.4, 0.5) is 4.79 Å². The topological polar surface area (TPSA) is 72.9 Å². The average molecular weight is 379 g/mol. The molecule has 2 aliphatic heterocycles. The first kappa shape index (κ1) is 18.7. The number of amides is 3. The monoisotopic (exact) mass is 379 g/mol. The molecule has 146 valence electrons.